The van der Waals surface area contributed by atoms with Crippen LogP contribution in [0.1, 0.15) is 46.2 Å². The highest BCUT2D eigenvalue weighted by Crippen LogP contribution is 2.10. The zero-order chi connectivity index (χ0) is 24.1. The highest BCUT2D eigenvalue weighted by Gasteiger charge is 2.08. The first-order chi connectivity index (χ1) is 15.1. The molecule has 0 saturated carbocycles. The van der Waals surface area contributed by atoms with E-state index in [2.05, 4.69) is 15.3 Å². The Labute approximate surface area is 210 Å². The van der Waals surface area contributed by atoms with Gasteiger partial charge in [-0.2, -0.15) is 0 Å². The van der Waals surface area contributed by atoms with Gasteiger partial charge in [0.15, 0.2) is 0 Å². The molecule has 0 aromatic carbocycles. The van der Waals surface area contributed by atoms with E-state index in [1.54, 1.807) is 30.5 Å². The van der Waals surface area contributed by atoms with Crippen molar-refractivity contribution in [3.63, 3.8) is 0 Å². The van der Waals surface area contributed by atoms with Gasteiger partial charge in [-0.05, 0) is 36.6 Å². The molecule has 12 heteroatoms. The molecule has 0 aliphatic carbocycles. The molecule has 0 saturated heterocycles. The normalized spacial score (nSPS) is 11.6. The topological polar surface area (TPSA) is 150 Å². The molecule has 0 aliphatic rings. The third kappa shape index (κ3) is 14.8. The molecule has 10 nitrogen and oxygen atoms in total. The van der Waals surface area contributed by atoms with Crippen LogP contribution >= 0.6 is 23.2 Å². The second-order valence-corrected chi connectivity index (χ2v) is 7.49. The Bertz CT molecular complexity index is 951. The lowest BCUT2D eigenvalue weighted by Crippen LogP contribution is -2.26. The van der Waals surface area contributed by atoms with E-state index in [1.165, 1.54) is 6.20 Å². The van der Waals surface area contributed by atoms with E-state index in [0.29, 0.717) is 28.8 Å². The molecule has 1 atom stereocenters. The summed E-state index contributed by atoms with van der Waals surface area (Å²) in [5.74, 6) is 0. The van der Waals surface area contributed by atoms with Gasteiger partial charge in [0.2, 0.25) is 0 Å². The van der Waals surface area contributed by atoms with E-state index in [1.807, 2.05) is 13.8 Å². The maximum absolute atomic E-state index is 10.6. The van der Waals surface area contributed by atoms with E-state index >= 15 is 0 Å². The predicted molar refractivity (Wildman–Crippen MR) is 137 cm³/mol. The number of aromatic nitrogens is 2. The Kier molecular flexibility index (Phi) is 16.7. The number of allylic oxidation sites excluding steroid dienone is 2. The van der Waals surface area contributed by atoms with Gasteiger partial charge in [0.25, 0.3) is 12.4 Å². The number of nitrogens with one attached hydrogen (secondary N) is 1. The first-order valence-electron chi connectivity index (χ1n) is 9.50. The Morgan fingerprint density at radius 3 is 1.85 bits per heavy atom. The molecular formula is C22H32Cl2N6O4. The first-order valence-corrected chi connectivity index (χ1v) is 10.3. The molecule has 0 fully saturated rings. The van der Waals surface area contributed by atoms with Crippen molar-refractivity contribution in [1.29, 1.82) is 0 Å². The zero-order valence-corrected chi connectivity index (χ0v) is 19.1. The standard InChI is InChI=1S/C12H16ClN3O2.C8H8ClN3O2.2CH4/c1-3-9(2)15-11(8-16(17)18)6-10-4-5-12(13)14-7-10;9-8-2-1-6(4-11-8)3-7(10)5-12(13)14;;/h4-5,7-9,15H,3,6H2,1-2H3;1-2,4-5H,3,10H2;2*1H4/b11-8-;7-5-;;. The molecule has 188 valence electrons. The van der Waals surface area contributed by atoms with Gasteiger partial charge in [-0.1, -0.05) is 57.1 Å². The van der Waals surface area contributed by atoms with E-state index in [0.717, 1.165) is 29.9 Å². The highest BCUT2D eigenvalue weighted by atomic mass is 35.5. The molecule has 2 heterocycles. The molecule has 0 aliphatic heterocycles. The SMILES string of the molecule is C.C.CCC(C)N/C(=C\[N+](=O)[O-])Cc1ccc(Cl)nc1.N/C(=C\[N+](=O)[O-])Cc1ccc(Cl)nc1. The van der Waals surface area contributed by atoms with Crippen LogP contribution in [0.15, 0.2) is 60.5 Å². The zero-order valence-electron chi connectivity index (χ0n) is 17.6. The first kappa shape index (κ1) is 32.9. The molecule has 0 radical (unpaired) electrons. The summed E-state index contributed by atoms with van der Waals surface area (Å²) in [7, 11) is 0. The summed E-state index contributed by atoms with van der Waals surface area (Å²) in [6.07, 6.45) is 6.56. The summed E-state index contributed by atoms with van der Waals surface area (Å²) in [5, 5.41) is 24.6. The van der Waals surface area contributed by atoms with Crippen LogP contribution in [-0.4, -0.2) is 25.9 Å². The fraction of sp³-hybridized carbons (Fsp3) is 0.364. The van der Waals surface area contributed by atoms with E-state index in [9.17, 15) is 20.2 Å². The fourth-order valence-electron chi connectivity index (χ4n) is 2.34. The number of nitrogens with zero attached hydrogens (tertiary/aromatic N) is 4. The third-order valence-electron chi connectivity index (χ3n) is 3.96. The van der Waals surface area contributed by atoms with Gasteiger partial charge >= 0.3 is 0 Å². The largest absolute Gasteiger partial charge is 0.397 e. The van der Waals surface area contributed by atoms with Crippen molar-refractivity contribution >= 4 is 23.2 Å². The predicted octanol–water partition coefficient (Wildman–Crippen LogP) is 5.41. The lowest BCUT2D eigenvalue weighted by molar-refractivity contribution is -0.403. The smallest absolute Gasteiger partial charge is 0.253 e. The number of hydrogen-bond acceptors (Lipinski definition) is 8. The van der Waals surface area contributed by atoms with E-state index < -0.39 is 9.85 Å². The van der Waals surface area contributed by atoms with Crippen LogP contribution in [0.25, 0.3) is 0 Å². The van der Waals surface area contributed by atoms with Crippen LogP contribution < -0.4 is 11.1 Å². The summed E-state index contributed by atoms with van der Waals surface area (Å²) >= 11 is 11.3. The molecule has 0 bridgehead atoms. The second kappa shape index (κ2) is 17.3. The van der Waals surface area contributed by atoms with Crippen molar-refractivity contribution < 1.29 is 9.85 Å². The molecule has 3 N–H and O–H groups in total. The average molecular weight is 515 g/mol. The van der Waals surface area contributed by atoms with E-state index in [4.69, 9.17) is 28.9 Å². The van der Waals surface area contributed by atoms with Crippen molar-refractivity contribution in [1.82, 2.24) is 15.3 Å². The third-order valence-corrected chi connectivity index (χ3v) is 4.40. The van der Waals surface area contributed by atoms with Gasteiger partial charge < -0.3 is 11.1 Å². The summed E-state index contributed by atoms with van der Waals surface area (Å²) in [6, 6.07) is 6.99. The highest BCUT2D eigenvalue weighted by molar-refractivity contribution is 6.29. The minimum atomic E-state index is -0.585. The van der Waals surface area contributed by atoms with Crippen molar-refractivity contribution in [3.05, 3.63) is 102 Å². The number of nitro groups is 2. The number of pyridine rings is 2. The summed E-state index contributed by atoms with van der Waals surface area (Å²) in [5.41, 5.74) is 7.81. The van der Waals surface area contributed by atoms with Gasteiger partial charge in [0.1, 0.15) is 10.3 Å². The lowest BCUT2D eigenvalue weighted by Gasteiger charge is -2.14. The van der Waals surface area contributed by atoms with Crippen LogP contribution in [0.4, 0.5) is 0 Å². The van der Waals surface area contributed by atoms with Crippen molar-refractivity contribution in [2.24, 2.45) is 5.73 Å². The summed E-state index contributed by atoms with van der Waals surface area (Å²) in [6.45, 7) is 4.00. The van der Waals surface area contributed by atoms with Crippen LogP contribution in [0.5, 0.6) is 0 Å². The lowest BCUT2D eigenvalue weighted by atomic mass is 10.1. The van der Waals surface area contributed by atoms with Gasteiger partial charge in [-0.3, -0.25) is 20.2 Å². The molecule has 0 amide bonds. The van der Waals surface area contributed by atoms with Crippen molar-refractivity contribution in [3.8, 4) is 0 Å². The van der Waals surface area contributed by atoms with Crippen LogP contribution in [-0.2, 0) is 12.8 Å². The summed E-state index contributed by atoms with van der Waals surface area (Å²) in [4.78, 5) is 27.4. The Hall–Kier alpha value is -3.24. The maximum Gasteiger partial charge on any atom is 0.253 e. The van der Waals surface area contributed by atoms with Gasteiger partial charge in [-0.15, -0.1) is 0 Å². The minimum absolute atomic E-state index is 0. The minimum Gasteiger partial charge on any atom is -0.397 e. The number of nitrogens with two attached hydrogens (primary N) is 1. The monoisotopic (exact) mass is 514 g/mol. The number of halogens is 2. The van der Waals surface area contributed by atoms with E-state index in [-0.39, 0.29) is 26.6 Å². The quantitative estimate of drug-likeness (QED) is 0.256. The Balaban J connectivity index is 0. The van der Waals surface area contributed by atoms with Crippen LogP contribution in [0, 0.1) is 20.2 Å². The second-order valence-electron chi connectivity index (χ2n) is 6.71. The van der Waals surface area contributed by atoms with Crippen molar-refractivity contribution in [2.45, 2.75) is 54.0 Å². The van der Waals surface area contributed by atoms with Crippen LogP contribution in [0.3, 0.4) is 0 Å². The molecule has 1 unspecified atom stereocenters. The van der Waals surface area contributed by atoms with Crippen molar-refractivity contribution in [2.75, 3.05) is 0 Å². The van der Waals surface area contributed by atoms with Crippen LogP contribution in [0.2, 0.25) is 10.3 Å². The molecule has 0 spiro atoms. The Morgan fingerprint density at radius 2 is 1.47 bits per heavy atom. The molecular weight excluding hydrogens is 483 g/mol. The molecule has 2 rings (SSSR count). The van der Waals surface area contributed by atoms with Gasteiger partial charge in [0.05, 0.1) is 21.2 Å². The molecule has 2 aromatic heterocycles. The Morgan fingerprint density at radius 1 is 1.00 bits per heavy atom. The maximum atomic E-state index is 10.6. The fourth-order valence-corrected chi connectivity index (χ4v) is 2.56. The van der Waals surface area contributed by atoms with Gasteiger partial charge in [0, 0.05) is 31.3 Å². The molecule has 2 aromatic rings. The number of hydrogen-bond donors (Lipinski definition) is 2. The summed E-state index contributed by atoms with van der Waals surface area (Å²) < 4.78 is 0. The number of rotatable bonds is 9. The molecule has 34 heavy (non-hydrogen) atoms. The average Bonchev–Trinajstić information content (AvgIpc) is 2.70. The van der Waals surface area contributed by atoms with Gasteiger partial charge in [-0.25, -0.2) is 9.97 Å².